The zero-order chi connectivity index (χ0) is 16.2. The Hall–Kier alpha value is -2.06. The molecule has 3 heteroatoms. The SMILES string of the molecule is CC(=O)NCCCC1c2ccccc2C=Cc2ccc(Cl)cc21. The molecule has 1 N–H and O–H groups in total. The van der Waals surface area contributed by atoms with E-state index < -0.39 is 0 Å². The molecule has 1 unspecified atom stereocenters. The Morgan fingerprint density at radius 3 is 2.61 bits per heavy atom. The first kappa shape index (κ1) is 15.8. The standard InChI is InChI=1S/C20H20ClNO/c1-14(23)22-12-4-7-19-18-6-3-2-5-15(18)8-9-16-10-11-17(21)13-20(16)19/h2-3,5-6,8-11,13,19H,4,7,12H2,1H3,(H,22,23). The molecule has 0 bridgehead atoms. The van der Waals surface area contributed by atoms with Crippen molar-refractivity contribution in [1.29, 1.82) is 0 Å². The van der Waals surface area contributed by atoms with Crippen molar-refractivity contribution in [3.05, 3.63) is 69.7 Å². The van der Waals surface area contributed by atoms with Crippen LogP contribution in [0.1, 0.15) is 47.9 Å². The van der Waals surface area contributed by atoms with E-state index in [-0.39, 0.29) is 5.91 Å². The summed E-state index contributed by atoms with van der Waals surface area (Å²) in [6.45, 7) is 2.26. The maximum Gasteiger partial charge on any atom is 0.216 e. The van der Waals surface area contributed by atoms with Crippen LogP contribution in [0.2, 0.25) is 5.02 Å². The fourth-order valence-corrected chi connectivity index (χ4v) is 3.39. The second-order valence-electron chi connectivity index (χ2n) is 5.91. The van der Waals surface area contributed by atoms with E-state index in [1.54, 1.807) is 6.92 Å². The maximum absolute atomic E-state index is 11.1. The lowest BCUT2D eigenvalue weighted by Gasteiger charge is -2.21. The fourth-order valence-electron chi connectivity index (χ4n) is 3.21. The summed E-state index contributed by atoms with van der Waals surface area (Å²) in [5.74, 6) is 0.319. The van der Waals surface area contributed by atoms with E-state index in [1.165, 1.54) is 22.3 Å². The van der Waals surface area contributed by atoms with Gasteiger partial charge in [0, 0.05) is 24.4 Å². The first-order valence-corrected chi connectivity index (χ1v) is 8.34. The highest BCUT2D eigenvalue weighted by Gasteiger charge is 2.21. The van der Waals surface area contributed by atoms with Crippen LogP contribution in [-0.2, 0) is 4.79 Å². The summed E-state index contributed by atoms with van der Waals surface area (Å²) in [6.07, 6.45) is 6.26. The zero-order valence-corrected chi connectivity index (χ0v) is 13.9. The van der Waals surface area contributed by atoms with Gasteiger partial charge >= 0.3 is 0 Å². The number of carbonyl (C=O) groups excluding carboxylic acids is 1. The highest BCUT2D eigenvalue weighted by atomic mass is 35.5. The predicted octanol–water partition coefficient (Wildman–Crippen LogP) is 4.87. The molecular weight excluding hydrogens is 306 g/mol. The molecule has 2 aromatic carbocycles. The average Bonchev–Trinajstić information content (AvgIpc) is 2.68. The van der Waals surface area contributed by atoms with E-state index in [0.29, 0.717) is 12.5 Å². The molecule has 2 aromatic rings. The summed E-state index contributed by atoms with van der Waals surface area (Å²) in [4.78, 5) is 11.1. The number of halogens is 1. The number of hydrogen-bond acceptors (Lipinski definition) is 1. The van der Waals surface area contributed by atoms with Gasteiger partial charge in [0.15, 0.2) is 0 Å². The molecule has 0 radical (unpaired) electrons. The Bertz CT molecular complexity index is 751. The number of amides is 1. The van der Waals surface area contributed by atoms with E-state index in [4.69, 9.17) is 11.6 Å². The minimum Gasteiger partial charge on any atom is -0.356 e. The molecule has 1 amide bonds. The molecule has 1 atom stereocenters. The summed E-state index contributed by atoms with van der Waals surface area (Å²) in [7, 11) is 0. The number of rotatable bonds is 4. The normalized spacial score (nSPS) is 15.5. The Morgan fingerprint density at radius 2 is 1.83 bits per heavy atom. The van der Waals surface area contributed by atoms with Crippen molar-refractivity contribution in [3.63, 3.8) is 0 Å². The van der Waals surface area contributed by atoms with Crippen molar-refractivity contribution in [1.82, 2.24) is 5.32 Å². The van der Waals surface area contributed by atoms with E-state index in [0.717, 1.165) is 17.9 Å². The van der Waals surface area contributed by atoms with Gasteiger partial charge in [0.1, 0.15) is 0 Å². The maximum atomic E-state index is 11.1. The van der Waals surface area contributed by atoms with Crippen LogP contribution in [0.3, 0.4) is 0 Å². The van der Waals surface area contributed by atoms with Crippen molar-refractivity contribution >= 4 is 29.7 Å². The summed E-state index contributed by atoms with van der Waals surface area (Å²) in [6, 6.07) is 14.6. The second-order valence-corrected chi connectivity index (χ2v) is 6.35. The van der Waals surface area contributed by atoms with Gasteiger partial charge in [-0.1, -0.05) is 54.1 Å². The molecule has 0 spiro atoms. The van der Waals surface area contributed by atoms with Gasteiger partial charge in [-0.15, -0.1) is 0 Å². The van der Waals surface area contributed by atoms with Crippen LogP contribution in [0.4, 0.5) is 0 Å². The van der Waals surface area contributed by atoms with Crippen LogP contribution in [-0.4, -0.2) is 12.5 Å². The summed E-state index contributed by atoms with van der Waals surface area (Å²) in [5.41, 5.74) is 5.06. The number of fused-ring (bicyclic) bond motifs is 2. The molecule has 118 valence electrons. The highest BCUT2D eigenvalue weighted by Crippen LogP contribution is 2.38. The number of nitrogens with one attached hydrogen (secondary N) is 1. The molecule has 1 aliphatic carbocycles. The highest BCUT2D eigenvalue weighted by molar-refractivity contribution is 6.30. The van der Waals surface area contributed by atoms with Crippen LogP contribution < -0.4 is 5.32 Å². The lowest BCUT2D eigenvalue weighted by Crippen LogP contribution is -2.21. The largest absolute Gasteiger partial charge is 0.356 e. The van der Waals surface area contributed by atoms with Crippen LogP contribution in [0, 0.1) is 0 Å². The molecule has 0 saturated carbocycles. The van der Waals surface area contributed by atoms with Crippen molar-refractivity contribution < 1.29 is 4.79 Å². The minimum absolute atomic E-state index is 0.0244. The van der Waals surface area contributed by atoms with Crippen molar-refractivity contribution in [2.45, 2.75) is 25.7 Å². The van der Waals surface area contributed by atoms with E-state index in [2.05, 4.69) is 53.9 Å². The molecule has 0 aromatic heterocycles. The Kier molecular flexibility index (Phi) is 4.82. The van der Waals surface area contributed by atoms with Crippen LogP contribution >= 0.6 is 11.6 Å². The molecule has 0 aliphatic heterocycles. The van der Waals surface area contributed by atoms with Gasteiger partial charge in [0.05, 0.1) is 0 Å². The third-order valence-corrected chi connectivity index (χ3v) is 4.52. The second kappa shape index (κ2) is 7.01. The first-order valence-electron chi connectivity index (χ1n) is 7.96. The lowest BCUT2D eigenvalue weighted by molar-refractivity contribution is -0.118. The third-order valence-electron chi connectivity index (χ3n) is 4.28. The minimum atomic E-state index is 0.0244. The zero-order valence-electron chi connectivity index (χ0n) is 13.2. The van der Waals surface area contributed by atoms with Crippen LogP contribution in [0.15, 0.2) is 42.5 Å². The van der Waals surface area contributed by atoms with Crippen molar-refractivity contribution in [2.24, 2.45) is 0 Å². The topological polar surface area (TPSA) is 29.1 Å². The van der Waals surface area contributed by atoms with Gasteiger partial charge in [-0.2, -0.15) is 0 Å². The molecule has 2 nitrogen and oxygen atoms in total. The van der Waals surface area contributed by atoms with E-state index in [9.17, 15) is 4.79 Å². The van der Waals surface area contributed by atoms with Gasteiger partial charge in [-0.25, -0.2) is 0 Å². The molecule has 0 saturated heterocycles. The van der Waals surface area contributed by atoms with Gasteiger partial charge in [-0.3, -0.25) is 4.79 Å². The van der Waals surface area contributed by atoms with Gasteiger partial charge in [0.2, 0.25) is 5.91 Å². The van der Waals surface area contributed by atoms with E-state index in [1.807, 2.05) is 6.07 Å². The number of carbonyl (C=O) groups is 1. The van der Waals surface area contributed by atoms with Gasteiger partial charge in [-0.05, 0) is 47.2 Å². The van der Waals surface area contributed by atoms with E-state index >= 15 is 0 Å². The van der Waals surface area contributed by atoms with Crippen molar-refractivity contribution in [3.8, 4) is 0 Å². The monoisotopic (exact) mass is 325 g/mol. The summed E-state index contributed by atoms with van der Waals surface area (Å²) in [5, 5.41) is 3.65. The average molecular weight is 326 g/mol. The molecule has 3 rings (SSSR count). The van der Waals surface area contributed by atoms with Crippen LogP contribution in [0.25, 0.3) is 12.2 Å². The smallest absolute Gasteiger partial charge is 0.216 e. The number of hydrogen-bond donors (Lipinski definition) is 1. The molecule has 1 aliphatic rings. The number of benzene rings is 2. The van der Waals surface area contributed by atoms with Crippen LogP contribution in [0.5, 0.6) is 0 Å². The molecule has 0 heterocycles. The van der Waals surface area contributed by atoms with Gasteiger partial charge < -0.3 is 5.32 Å². The molecule has 0 fully saturated rings. The summed E-state index contributed by atoms with van der Waals surface area (Å²) >= 11 is 6.24. The summed E-state index contributed by atoms with van der Waals surface area (Å²) < 4.78 is 0. The van der Waals surface area contributed by atoms with Gasteiger partial charge in [0.25, 0.3) is 0 Å². The Labute approximate surface area is 142 Å². The first-order chi connectivity index (χ1) is 11.1. The lowest BCUT2D eigenvalue weighted by atomic mass is 9.84. The predicted molar refractivity (Wildman–Crippen MR) is 96.6 cm³/mol. The molecular formula is C20H20ClNO. The third kappa shape index (κ3) is 3.65. The Morgan fingerprint density at radius 1 is 1.09 bits per heavy atom. The fraction of sp³-hybridized carbons (Fsp3) is 0.250. The molecule has 23 heavy (non-hydrogen) atoms. The van der Waals surface area contributed by atoms with Crippen molar-refractivity contribution in [2.75, 3.05) is 6.54 Å². The Balaban J connectivity index is 1.94. The quantitative estimate of drug-likeness (QED) is 0.798.